The number of rotatable bonds is 9. The molecule has 0 aliphatic rings. The maximum atomic E-state index is 12.6. The molecule has 0 spiro atoms. The van der Waals surface area contributed by atoms with Gasteiger partial charge in [0, 0.05) is 6.42 Å². The van der Waals surface area contributed by atoms with E-state index in [1.807, 2.05) is 30.3 Å². The predicted molar refractivity (Wildman–Crippen MR) is 80.0 cm³/mol. The van der Waals surface area contributed by atoms with Crippen LogP contribution >= 0.6 is 7.60 Å². The Morgan fingerprint density at radius 2 is 1.80 bits per heavy atom. The molecule has 0 aromatic heterocycles. The number of ketones is 1. The van der Waals surface area contributed by atoms with E-state index in [4.69, 9.17) is 9.05 Å². The number of hydrogen-bond acceptors (Lipinski definition) is 4. The highest BCUT2D eigenvalue weighted by Crippen LogP contribution is 2.53. The number of carbonyl (C=O) groups excluding carboxylic acids is 1. The molecule has 0 aliphatic carbocycles. The van der Waals surface area contributed by atoms with E-state index in [1.165, 1.54) is 6.08 Å². The molecular weight excluding hydrogens is 275 g/mol. The largest absolute Gasteiger partial charge is 0.344 e. The van der Waals surface area contributed by atoms with Crippen molar-refractivity contribution in [3.63, 3.8) is 0 Å². The van der Waals surface area contributed by atoms with Crippen molar-refractivity contribution in [1.82, 2.24) is 0 Å². The molecule has 1 rings (SSSR count). The van der Waals surface area contributed by atoms with Crippen molar-refractivity contribution in [2.45, 2.75) is 25.9 Å². The Morgan fingerprint density at radius 3 is 2.25 bits per heavy atom. The molecule has 4 nitrogen and oxygen atoms in total. The molecule has 110 valence electrons. The predicted octanol–water partition coefficient (Wildman–Crippen LogP) is 3.62. The smallest absolute Gasteiger partial charge is 0.308 e. The Bertz CT molecular complexity index is 474. The summed E-state index contributed by atoms with van der Waals surface area (Å²) in [6, 6.07) is 9.30. The van der Waals surface area contributed by atoms with Crippen LogP contribution in [0, 0.1) is 0 Å². The van der Waals surface area contributed by atoms with Gasteiger partial charge in [0.05, 0.1) is 13.2 Å². The molecule has 0 aliphatic heterocycles. The molecule has 0 N–H and O–H groups in total. The van der Waals surface area contributed by atoms with Gasteiger partial charge in [-0.1, -0.05) is 36.4 Å². The zero-order valence-electron chi connectivity index (χ0n) is 12.0. The summed E-state index contributed by atoms with van der Waals surface area (Å²) in [4.78, 5) is 12.3. The maximum Gasteiger partial charge on any atom is 0.344 e. The second kappa shape index (κ2) is 8.15. The molecule has 1 aromatic rings. The van der Waals surface area contributed by atoms with Gasteiger partial charge in [-0.2, -0.15) is 0 Å². The summed E-state index contributed by atoms with van der Waals surface area (Å²) in [6.07, 6.45) is 1.54. The van der Waals surface area contributed by atoms with Crippen LogP contribution in [0.3, 0.4) is 0 Å². The first-order valence-corrected chi connectivity index (χ1v) is 8.26. The molecule has 0 radical (unpaired) electrons. The lowest BCUT2D eigenvalue weighted by Crippen LogP contribution is -2.23. The third-order valence-electron chi connectivity index (χ3n) is 2.73. The SMILES string of the molecule is C=CC(C(=O)Cc1ccccc1)P(=O)(OCC)OCC. The molecule has 0 heterocycles. The van der Waals surface area contributed by atoms with Crippen molar-refractivity contribution in [2.75, 3.05) is 13.2 Å². The van der Waals surface area contributed by atoms with Crippen LogP contribution in [0.1, 0.15) is 19.4 Å². The molecule has 0 amide bonds. The van der Waals surface area contributed by atoms with Crippen LogP contribution in [0.5, 0.6) is 0 Å². The molecule has 0 fully saturated rings. The van der Waals surface area contributed by atoms with E-state index < -0.39 is 13.3 Å². The van der Waals surface area contributed by atoms with Crippen molar-refractivity contribution in [3.8, 4) is 0 Å². The van der Waals surface area contributed by atoms with Gasteiger partial charge < -0.3 is 9.05 Å². The second-order valence-corrected chi connectivity index (χ2v) is 6.34. The van der Waals surface area contributed by atoms with Crippen LogP contribution < -0.4 is 0 Å². The Balaban J connectivity index is 2.90. The Morgan fingerprint density at radius 1 is 1.25 bits per heavy atom. The first-order chi connectivity index (χ1) is 9.57. The van der Waals surface area contributed by atoms with E-state index in [1.54, 1.807) is 13.8 Å². The van der Waals surface area contributed by atoms with Crippen molar-refractivity contribution in [2.24, 2.45) is 0 Å². The minimum atomic E-state index is -3.49. The van der Waals surface area contributed by atoms with Gasteiger partial charge in [0.25, 0.3) is 0 Å². The normalized spacial score (nSPS) is 12.9. The topological polar surface area (TPSA) is 52.6 Å². The van der Waals surface area contributed by atoms with E-state index in [9.17, 15) is 9.36 Å². The Kier molecular flexibility index (Phi) is 6.86. The lowest BCUT2D eigenvalue weighted by atomic mass is 10.1. The fraction of sp³-hybridized carbons (Fsp3) is 0.400. The number of Topliss-reactive ketones (excluding diaryl/α,β-unsaturated/α-hetero) is 1. The summed E-state index contributed by atoms with van der Waals surface area (Å²) in [5, 5.41) is 0. The van der Waals surface area contributed by atoms with E-state index in [-0.39, 0.29) is 25.4 Å². The quantitative estimate of drug-likeness (QED) is 0.516. The van der Waals surface area contributed by atoms with E-state index in [0.29, 0.717) is 0 Å². The average molecular weight is 296 g/mol. The summed E-state index contributed by atoms with van der Waals surface area (Å²) in [6.45, 7) is 7.48. The highest BCUT2D eigenvalue weighted by atomic mass is 31.2. The zero-order valence-corrected chi connectivity index (χ0v) is 12.8. The summed E-state index contributed by atoms with van der Waals surface area (Å²) in [5.41, 5.74) is -0.0634. The standard InChI is InChI=1S/C15H21O4P/c1-4-15(20(17,18-5-2)19-6-3)14(16)12-13-10-8-7-9-11-13/h4,7-11,15H,1,5-6,12H2,2-3H3. The summed E-state index contributed by atoms with van der Waals surface area (Å²) in [5.74, 6) is -0.212. The van der Waals surface area contributed by atoms with E-state index >= 15 is 0 Å². The summed E-state index contributed by atoms with van der Waals surface area (Å²) >= 11 is 0. The number of benzene rings is 1. The highest BCUT2D eigenvalue weighted by molar-refractivity contribution is 7.56. The number of carbonyl (C=O) groups is 1. The fourth-order valence-electron chi connectivity index (χ4n) is 1.90. The zero-order chi connectivity index (χ0) is 15.0. The highest BCUT2D eigenvalue weighted by Gasteiger charge is 2.38. The first-order valence-electron chi connectivity index (χ1n) is 6.65. The van der Waals surface area contributed by atoms with Crippen LogP contribution in [0.4, 0.5) is 0 Å². The number of hydrogen-bond donors (Lipinski definition) is 0. The minimum absolute atomic E-state index is 0.182. The van der Waals surface area contributed by atoms with Gasteiger partial charge >= 0.3 is 7.60 Å². The van der Waals surface area contributed by atoms with Crippen LogP contribution in [0.15, 0.2) is 43.0 Å². The van der Waals surface area contributed by atoms with Crippen LogP contribution in [-0.4, -0.2) is 24.7 Å². The molecule has 1 atom stereocenters. The molecule has 1 unspecified atom stereocenters. The van der Waals surface area contributed by atoms with E-state index in [2.05, 4.69) is 6.58 Å². The lowest BCUT2D eigenvalue weighted by molar-refractivity contribution is -0.117. The summed E-state index contributed by atoms with van der Waals surface area (Å²) in [7, 11) is -3.49. The molecular formula is C15H21O4P. The molecule has 0 saturated carbocycles. The van der Waals surface area contributed by atoms with Gasteiger partial charge in [-0.15, -0.1) is 6.58 Å². The average Bonchev–Trinajstić information content (AvgIpc) is 2.41. The maximum absolute atomic E-state index is 12.6. The third-order valence-corrected chi connectivity index (χ3v) is 5.15. The molecule has 5 heteroatoms. The van der Waals surface area contributed by atoms with Crippen molar-refractivity contribution in [3.05, 3.63) is 48.6 Å². The van der Waals surface area contributed by atoms with Gasteiger partial charge in [0.2, 0.25) is 0 Å². The lowest BCUT2D eigenvalue weighted by Gasteiger charge is -2.22. The van der Waals surface area contributed by atoms with Gasteiger partial charge in [-0.25, -0.2) is 0 Å². The minimum Gasteiger partial charge on any atom is -0.308 e. The molecule has 20 heavy (non-hydrogen) atoms. The first kappa shape index (κ1) is 16.8. The van der Waals surface area contributed by atoms with Gasteiger partial charge in [0.1, 0.15) is 5.66 Å². The Hall–Kier alpha value is -1.22. The summed E-state index contributed by atoms with van der Waals surface area (Å²) < 4.78 is 23.1. The van der Waals surface area contributed by atoms with Crippen LogP contribution in [0.25, 0.3) is 0 Å². The molecule has 1 aromatic carbocycles. The van der Waals surface area contributed by atoms with Crippen LogP contribution in [-0.2, 0) is 24.8 Å². The van der Waals surface area contributed by atoms with Crippen molar-refractivity contribution < 1.29 is 18.4 Å². The van der Waals surface area contributed by atoms with Crippen molar-refractivity contribution in [1.29, 1.82) is 0 Å². The van der Waals surface area contributed by atoms with Crippen LogP contribution in [0.2, 0.25) is 0 Å². The third kappa shape index (κ3) is 4.41. The fourth-order valence-corrected chi connectivity index (χ4v) is 3.71. The van der Waals surface area contributed by atoms with Gasteiger partial charge in [-0.05, 0) is 19.4 Å². The van der Waals surface area contributed by atoms with E-state index in [0.717, 1.165) is 5.56 Å². The Labute approximate surface area is 120 Å². The second-order valence-electron chi connectivity index (χ2n) is 4.18. The molecule has 0 bridgehead atoms. The van der Waals surface area contributed by atoms with Crippen molar-refractivity contribution >= 4 is 13.4 Å². The van der Waals surface area contributed by atoms with Gasteiger partial charge in [-0.3, -0.25) is 9.36 Å². The monoisotopic (exact) mass is 296 g/mol. The van der Waals surface area contributed by atoms with Gasteiger partial charge in [0.15, 0.2) is 5.78 Å². The molecule has 0 saturated heterocycles. The number of allylic oxidation sites excluding steroid dienone is 1.